The minimum absolute atomic E-state index is 0.664. The van der Waals surface area contributed by atoms with Crippen molar-refractivity contribution in [2.45, 2.75) is 0 Å². The molecule has 0 bridgehead atoms. The highest BCUT2D eigenvalue weighted by Gasteiger charge is 2.41. The van der Waals surface area contributed by atoms with Crippen molar-refractivity contribution in [1.82, 2.24) is 14.5 Å². The van der Waals surface area contributed by atoms with E-state index in [4.69, 9.17) is 9.97 Å². The Morgan fingerprint density at radius 2 is 1.02 bits per heavy atom. The van der Waals surface area contributed by atoms with E-state index in [1.165, 1.54) is 42.3 Å². The summed E-state index contributed by atoms with van der Waals surface area (Å²) in [6.45, 7) is 0. The molecule has 0 N–H and O–H groups in total. The molecule has 0 aliphatic heterocycles. The first-order valence-electron chi connectivity index (χ1n) is 16.3. The van der Waals surface area contributed by atoms with Crippen molar-refractivity contribution < 1.29 is 0 Å². The molecule has 0 saturated carbocycles. The van der Waals surface area contributed by atoms with Gasteiger partial charge in [-0.3, -0.25) is 4.57 Å². The van der Waals surface area contributed by atoms with E-state index in [9.17, 15) is 0 Å². The summed E-state index contributed by atoms with van der Waals surface area (Å²) in [4.78, 5) is 10.1. The quantitative estimate of drug-likeness (QED) is 0.139. The molecule has 9 rings (SSSR count). The summed E-state index contributed by atoms with van der Waals surface area (Å²) in [6.07, 6.45) is 1.89. The van der Waals surface area contributed by atoms with Gasteiger partial charge in [-0.25, -0.2) is 9.97 Å². The van der Waals surface area contributed by atoms with Crippen LogP contribution in [0.25, 0.3) is 49.8 Å². The molecule has 0 radical (unpaired) electrons. The topological polar surface area (TPSA) is 30.7 Å². The van der Waals surface area contributed by atoms with Crippen LogP contribution in [-0.4, -0.2) is 22.6 Å². The fourth-order valence-electron chi connectivity index (χ4n) is 7.55. The maximum absolute atomic E-state index is 5.27. The summed E-state index contributed by atoms with van der Waals surface area (Å²) < 4.78 is 2.21. The van der Waals surface area contributed by atoms with Crippen molar-refractivity contribution in [2.24, 2.45) is 0 Å². The van der Waals surface area contributed by atoms with E-state index in [0.29, 0.717) is 5.95 Å². The number of benzene rings is 7. The highest BCUT2D eigenvalue weighted by Crippen LogP contribution is 2.36. The van der Waals surface area contributed by atoms with Crippen LogP contribution in [0.3, 0.4) is 0 Å². The molecule has 0 saturated heterocycles. The number of fused-ring (bicyclic) bond motifs is 5. The van der Waals surface area contributed by atoms with Crippen molar-refractivity contribution in [2.75, 3.05) is 0 Å². The van der Waals surface area contributed by atoms with Crippen LogP contribution in [0, 0.1) is 0 Å². The molecule has 7 aromatic carbocycles. The van der Waals surface area contributed by atoms with Crippen LogP contribution < -0.4 is 20.7 Å². The summed E-state index contributed by atoms with van der Waals surface area (Å²) in [5, 5.41) is 10.2. The Kier molecular flexibility index (Phi) is 6.80. The van der Waals surface area contributed by atoms with Crippen LogP contribution in [-0.2, 0) is 0 Å². The molecule has 0 atom stereocenters. The van der Waals surface area contributed by atoms with Crippen molar-refractivity contribution in [3.05, 3.63) is 188 Å². The fraction of sp³-hybridized carbons (Fsp3) is 0. The third-order valence-electron chi connectivity index (χ3n) is 9.62. The van der Waals surface area contributed by atoms with Gasteiger partial charge >= 0.3 is 0 Å². The molecule has 0 aliphatic carbocycles. The average Bonchev–Trinajstić information content (AvgIpc) is 3.52. The van der Waals surface area contributed by atoms with Gasteiger partial charge < -0.3 is 0 Å². The second-order valence-corrected chi connectivity index (χ2v) is 16.0. The molecule has 9 aromatic rings. The summed E-state index contributed by atoms with van der Waals surface area (Å²) in [5.41, 5.74) is 4.16. The Morgan fingerprint density at radius 3 is 1.71 bits per heavy atom. The molecule has 226 valence electrons. The van der Waals surface area contributed by atoms with Crippen LogP contribution in [0.4, 0.5) is 0 Å². The molecule has 0 spiro atoms. The monoisotopic (exact) mass is 629 g/mol. The van der Waals surface area contributed by atoms with Gasteiger partial charge in [0.15, 0.2) is 8.07 Å². The number of hydrogen-bond acceptors (Lipinski definition) is 2. The molecule has 3 nitrogen and oxygen atoms in total. The van der Waals surface area contributed by atoms with Gasteiger partial charge in [-0.1, -0.05) is 164 Å². The molecule has 0 amide bonds. The Morgan fingerprint density at radius 1 is 0.438 bits per heavy atom. The van der Waals surface area contributed by atoms with Gasteiger partial charge in [0, 0.05) is 22.5 Å². The molecule has 4 heteroatoms. The predicted molar refractivity (Wildman–Crippen MR) is 203 cm³/mol. The molecule has 0 unspecified atom stereocenters. The zero-order valence-corrected chi connectivity index (χ0v) is 27.2. The lowest BCUT2D eigenvalue weighted by atomic mass is 10.0. The van der Waals surface area contributed by atoms with Crippen LogP contribution >= 0.6 is 0 Å². The van der Waals surface area contributed by atoms with E-state index in [1.807, 2.05) is 12.3 Å². The maximum Gasteiger partial charge on any atom is 0.235 e. The molecule has 2 heterocycles. The zero-order valence-electron chi connectivity index (χ0n) is 26.2. The normalized spacial score (nSPS) is 11.8. The standard InChI is InChI=1S/C44H31N3Si/c1-4-17-34(18-5-1)48(35-19-6-2-7-20-35,36-21-8-3-9-22-36)37-23-14-16-33(31-37)40-29-30-45-44(46-40)47-41-26-13-12-25-39(41)43-38-24-11-10-15-32(38)27-28-42(43)47/h1-31H. The smallest absolute Gasteiger partial charge is 0.235 e. The van der Waals surface area contributed by atoms with E-state index < -0.39 is 8.07 Å². The van der Waals surface area contributed by atoms with E-state index in [1.54, 1.807) is 0 Å². The van der Waals surface area contributed by atoms with Gasteiger partial charge in [0.05, 0.1) is 16.7 Å². The number of para-hydroxylation sites is 1. The summed E-state index contributed by atoms with van der Waals surface area (Å²) >= 11 is 0. The molecule has 48 heavy (non-hydrogen) atoms. The minimum Gasteiger partial charge on any atom is -0.278 e. The summed E-state index contributed by atoms with van der Waals surface area (Å²) in [6, 6.07) is 65.7. The third-order valence-corrected chi connectivity index (χ3v) is 14.4. The van der Waals surface area contributed by atoms with Crippen LogP contribution in [0.1, 0.15) is 0 Å². The SMILES string of the molecule is c1ccc([Si](c2ccccc2)(c2ccccc2)c2cccc(-c3ccnc(-n4c5ccccc5c5c6ccccc6ccc54)n3)c2)cc1. The van der Waals surface area contributed by atoms with Gasteiger partial charge in [0.2, 0.25) is 5.95 Å². The Labute approximate surface area is 280 Å². The van der Waals surface area contributed by atoms with Gasteiger partial charge in [-0.2, -0.15) is 0 Å². The van der Waals surface area contributed by atoms with Gasteiger partial charge in [0.25, 0.3) is 0 Å². The largest absolute Gasteiger partial charge is 0.278 e. The van der Waals surface area contributed by atoms with Crippen molar-refractivity contribution >= 4 is 61.4 Å². The summed E-state index contributed by atoms with van der Waals surface area (Å²) in [7, 11) is -2.68. The Hall–Kier alpha value is -6.10. The first-order valence-corrected chi connectivity index (χ1v) is 18.3. The zero-order chi connectivity index (χ0) is 31.9. The van der Waals surface area contributed by atoms with Crippen molar-refractivity contribution in [3.8, 4) is 17.2 Å². The fourth-order valence-corrected chi connectivity index (χ4v) is 12.3. The van der Waals surface area contributed by atoms with E-state index in [0.717, 1.165) is 22.3 Å². The first-order chi connectivity index (χ1) is 23.8. The van der Waals surface area contributed by atoms with Gasteiger partial charge in [-0.05, 0) is 49.7 Å². The second kappa shape index (κ2) is 11.6. The van der Waals surface area contributed by atoms with Crippen LogP contribution in [0.15, 0.2) is 188 Å². The third kappa shape index (κ3) is 4.42. The van der Waals surface area contributed by atoms with E-state index in [2.05, 4.69) is 180 Å². The molecular weight excluding hydrogens is 599 g/mol. The number of rotatable bonds is 6. The van der Waals surface area contributed by atoms with E-state index >= 15 is 0 Å². The number of aromatic nitrogens is 3. The Bertz CT molecular complexity index is 2460. The second-order valence-electron chi connectivity index (χ2n) is 12.2. The highest BCUT2D eigenvalue weighted by atomic mass is 28.3. The lowest BCUT2D eigenvalue weighted by Gasteiger charge is -2.34. The Balaban J connectivity index is 1.26. The van der Waals surface area contributed by atoms with Gasteiger partial charge in [-0.15, -0.1) is 0 Å². The lowest BCUT2D eigenvalue weighted by molar-refractivity contribution is 0.992. The molecule has 0 fully saturated rings. The van der Waals surface area contributed by atoms with Crippen LogP contribution in [0.5, 0.6) is 0 Å². The van der Waals surface area contributed by atoms with Gasteiger partial charge in [0.1, 0.15) is 0 Å². The summed E-state index contributed by atoms with van der Waals surface area (Å²) in [5.74, 6) is 0.664. The highest BCUT2D eigenvalue weighted by molar-refractivity contribution is 7.19. The lowest BCUT2D eigenvalue weighted by Crippen LogP contribution is -2.74. The van der Waals surface area contributed by atoms with E-state index in [-0.39, 0.29) is 0 Å². The van der Waals surface area contributed by atoms with Crippen molar-refractivity contribution in [3.63, 3.8) is 0 Å². The molecular formula is C44H31N3Si. The molecule has 2 aromatic heterocycles. The minimum atomic E-state index is -2.68. The molecule has 0 aliphatic rings. The first kappa shape index (κ1) is 28.1. The average molecular weight is 630 g/mol. The number of hydrogen-bond donors (Lipinski definition) is 0. The predicted octanol–water partition coefficient (Wildman–Crippen LogP) is 7.77. The van der Waals surface area contributed by atoms with Crippen LogP contribution in [0.2, 0.25) is 0 Å². The van der Waals surface area contributed by atoms with Crippen molar-refractivity contribution in [1.29, 1.82) is 0 Å². The number of nitrogens with zero attached hydrogens (tertiary/aromatic N) is 3. The maximum atomic E-state index is 5.27.